The summed E-state index contributed by atoms with van der Waals surface area (Å²) in [5.74, 6) is -1.62. The number of rotatable bonds is 4. The minimum atomic E-state index is -1.54. The summed E-state index contributed by atoms with van der Waals surface area (Å²) in [5.41, 5.74) is 0.639. The van der Waals surface area contributed by atoms with E-state index in [9.17, 15) is 14.4 Å². The molecule has 0 radical (unpaired) electrons. The highest BCUT2D eigenvalue weighted by Gasteiger charge is 2.44. The van der Waals surface area contributed by atoms with Gasteiger partial charge in [0.2, 0.25) is 0 Å². The van der Waals surface area contributed by atoms with Gasteiger partial charge in [-0.25, -0.2) is 0 Å². The molecular formula is C13H12ClNO4. The van der Waals surface area contributed by atoms with Crippen LogP contribution in [0.5, 0.6) is 0 Å². The highest BCUT2D eigenvalue weighted by molar-refractivity contribution is 6.41. The second-order valence-electron chi connectivity index (χ2n) is 4.35. The summed E-state index contributed by atoms with van der Waals surface area (Å²) < 4.78 is 0. The fourth-order valence-corrected chi connectivity index (χ4v) is 2.36. The number of carbonyl (C=O) groups is 3. The topological polar surface area (TPSA) is 83.5 Å². The standard InChI is InChI=1S/C13H12ClNO4/c14-13(15-6-5-11(17)18)7-10(16)8-3-1-2-4-9(8)12(13)19/h1-4,15H,5-7H2,(H,17,18). The van der Waals surface area contributed by atoms with Crippen LogP contribution < -0.4 is 5.32 Å². The number of halogens is 1. The lowest BCUT2D eigenvalue weighted by Crippen LogP contribution is -2.52. The number of aliphatic carboxylic acids is 1. The number of hydrogen-bond donors (Lipinski definition) is 2. The van der Waals surface area contributed by atoms with Crippen LogP contribution in [0.2, 0.25) is 0 Å². The van der Waals surface area contributed by atoms with E-state index in [4.69, 9.17) is 16.7 Å². The van der Waals surface area contributed by atoms with Crippen molar-refractivity contribution in [3.8, 4) is 0 Å². The average molecular weight is 282 g/mol. The van der Waals surface area contributed by atoms with Crippen LogP contribution in [0.3, 0.4) is 0 Å². The van der Waals surface area contributed by atoms with Crippen molar-refractivity contribution in [2.24, 2.45) is 0 Å². The molecule has 100 valence electrons. The van der Waals surface area contributed by atoms with E-state index in [1.807, 2.05) is 0 Å². The van der Waals surface area contributed by atoms with Gasteiger partial charge in [0, 0.05) is 17.7 Å². The minimum absolute atomic E-state index is 0.0278. The van der Waals surface area contributed by atoms with Crippen LogP contribution in [0.1, 0.15) is 33.6 Å². The molecule has 1 aliphatic carbocycles. The van der Waals surface area contributed by atoms with Crippen LogP contribution in [0.4, 0.5) is 0 Å². The molecule has 1 atom stereocenters. The molecule has 0 aromatic heterocycles. The lowest BCUT2D eigenvalue weighted by Gasteiger charge is -2.30. The molecule has 0 aliphatic heterocycles. The lowest BCUT2D eigenvalue weighted by atomic mass is 9.85. The molecule has 2 rings (SSSR count). The van der Waals surface area contributed by atoms with Crippen molar-refractivity contribution in [1.29, 1.82) is 0 Å². The predicted molar refractivity (Wildman–Crippen MR) is 68.6 cm³/mol. The molecule has 0 fully saturated rings. The number of fused-ring (bicyclic) bond motifs is 1. The molecule has 0 spiro atoms. The van der Waals surface area contributed by atoms with Gasteiger partial charge in [0.05, 0.1) is 12.8 Å². The molecular weight excluding hydrogens is 270 g/mol. The quantitative estimate of drug-likeness (QED) is 0.645. The van der Waals surface area contributed by atoms with Gasteiger partial charge >= 0.3 is 5.97 Å². The van der Waals surface area contributed by atoms with Gasteiger partial charge < -0.3 is 5.11 Å². The number of carboxylic acid groups (broad SMARTS) is 1. The molecule has 1 unspecified atom stereocenters. The minimum Gasteiger partial charge on any atom is -0.481 e. The second-order valence-corrected chi connectivity index (χ2v) is 4.99. The number of nitrogens with one attached hydrogen (secondary N) is 1. The number of hydrogen-bond acceptors (Lipinski definition) is 4. The van der Waals surface area contributed by atoms with Crippen LogP contribution >= 0.6 is 11.6 Å². The van der Waals surface area contributed by atoms with Crippen LogP contribution in [0.25, 0.3) is 0 Å². The summed E-state index contributed by atoms with van der Waals surface area (Å²) in [6, 6.07) is 6.47. The monoisotopic (exact) mass is 281 g/mol. The normalized spacial score (nSPS) is 22.2. The molecule has 0 saturated heterocycles. The maximum Gasteiger partial charge on any atom is 0.304 e. The Bertz CT molecular complexity index is 557. The summed E-state index contributed by atoms with van der Waals surface area (Å²) in [6.07, 6.45) is -0.346. The SMILES string of the molecule is O=C(O)CCNC1(Cl)CC(=O)c2ccccc2C1=O. The van der Waals surface area contributed by atoms with E-state index in [1.165, 1.54) is 0 Å². The summed E-state index contributed by atoms with van der Waals surface area (Å²) >= 11 is 6.16. The third-order valence-corrected chi connectivity index (χ3v) is 3.42. The van der Waals surface area contributed by atoms with Crippen LogP contribution in [-0.2, 0) is 4.79 Å². The van der Waals surface area contributed by atoms with Crippen LogP contribution in [-0.4, -0.2) is 34.2 Å². The summed E-state index contributed by atoms with van der Waals surface area (Å²) in [6.45, 7) is 0.0278. The van der Waals surface area contributed by atoms with Crippen LogP contribution in [0, 0.1) is 0 Å². The van der Waals surface area contributed by atoms with E-state index < -0.39 is 16.8 Å². The number of benzene rings is 1. The average Bonchev–Trinajstić information content (AvgIpc) is 2.36. The first kappa shape index (κ1) is 13.7. The molecule has 1 aliphatic rings. The Morgan fingerprint density at radius 2 is 1.95 bits per heavy atom. The summed E-state index contributed by atoms with van der Waals surface area (Å²) in [5, 5.41) is 11.2. The third-order valence-electron chi connectivity index (χ3n) is 2.98. The van der Waals surface area contributed by atoms with Gasteiger partial charge in [-0.15, -0.1) is 0 Å². The zero-order valence-corrected chi connectivity index (χ0v) is 10.7. The first-order chi connectivity index (χ1) is 8.94. The fourth-order valence-electron chi connectivity index (χ4n) is 2.04. The number of carbonyl (C=O) groups excluding carboxylic acids is 2. The molecule has 2 N–H and O–H groups in total. The number of carboxylic acids is 1. The maximum absolute atomic E-state index is 12.3. The van der Waals surface area contributed by atoms with Gasteiger partial charge in [0.1, 0.15) is 0 Å². The van der Waals surface area contributed by atoms with Crippen LogP contribution in [0.15, 0.2) is 24.3 Å². The van der Waals surface area contributed by atoms with E-state index >= 15 is 0 Å². The number of ketones is 2. The van der Waals surface area contributed by atoms with E-state index in [-0.39, 0.29) is 30.7 Å². The van der Waals surface area contributed by atoms with Crippen molar-refractivity contribution in [2.75, 3.05) is 6.54 Å². The largest absolute Gasteiger partial charge is 0.481 e. The highest BCUT2D eigenvalue weighted by atomic mass is 35.5. The Morgan fingerprint density at radius 1 is 1.32 bits per heavy atom. The third kappa shape index (κ3) is 2.67. The fraction of sp³-hybridized carbons (Fsp3) is 0.308. The van der Waals surface area contributed by atoms with Crippen molar-refractivity contribution >= 4 is 29.1 Å². The molecule has 0 bridgehead atoms. The molecule has 6 heteroatoms. The summed E-state index contributed by atoms with van der Waals surface area (Å²) in [7, 11) is 0. The highest BCUT2D eigenvalue weighted by Crippen LogP contribution is 2.31. The Kier molecular flexibility index (Phi) is 3.68. The van der Waals surface area contributed by atoms with Crippen molar-refractivity contribution in [1.82, 2.24) is 5.32 Å². The van der Waals surface area contributed by atoms with Crippen molar-refractivity contribution in [2.45, 2.75) is 17.8 Å². The predicted octanol–water partition coefficient (Wildman–Crippen LogP) is 1.46. The van der Waals surface area contributed by atoms with Gasteiger partial charge in [-0.3, -0.25) is 19.7 Å². The number of alkyl halides is 1. The molecule has 0 heterocycles. The molecule has 0 amide bonds. The molecule has 1 aromatic rings. The van der Waals surface area contributed by atoms with E-state index in [1.54, 1.807) is 24.3 Å². The Hall–Kier alpha value is -1.72. The zero-order chi connectivity index (χ0) is 14.0. The van der Waals surface area contributed by atoms with E-state index in [0.29, 0.717) is 5.56 Å². The Labute approximate surface area is 114 Å². The van der Waals surface area contributed by atoms with Gasteiger partial charge in [0.15, 0.2) is 16.6 Å². The molecule has 0 saturated carbocycles. The van der Waals surface area contributed by atoms with Crippen molar-refractivity contribution in [3.63, 3.8) is 0 Å². The smallest absolute Gasteiger partial charge is 0.304 e. The van der Waals surface area contributed by atoms with Crippen molar-refractivity contribution < 1.29 is 19.5 Å². The first-order valence-corrected chi connectivity index (χ1v) is 6.14. The van der Waals surface area contributed by atoms with E-state index in [0.717, 1.165) is 0 Å². The van der Waals surface area contributed by atoms with Gasteiger partial charge in [-0.2, -0.15) is 0 Å². The van der Waals surface area contributed by atoms with Crippen molar-refractivity contribution in [3.05, 3.63) is 35.4 Å². The Balaban J connectivity index is 2.23. The van der Waals surface area contributed by atoms with E-state index in [2.05, 4.69) is 5.32 Å². The second kappa shape index (κ2) is 5.11. The van der Waals surface area contributed by atoms with Gasteiger partial charge in [-0.05, 0) is 0 Å². The molecule has 5 nitrogen and oxygen atoms in total. The number of Topliss-reactive ketones (excluding diaryl/α,β-unsaturated/α-hetero) is 2. The molecule has 19 heavy (non-hydrogen) atoms. The molecule has 1 aromatic carbocycles. The maximum atomic E-state index is 12.3. The first-order valence-electron chi connectivity index (χ1n) is 5.77. The van der Waals surface area contributed by atoms with Gasteiger partial charge in [0.25, 0.3) is 0 Å². The lowest BCUT2D eigenvalue weighted by molar-refractivity contribution is -0.136. The Morgan fingerprint density at radius 3 is 2.58 bits per heavy atom. The zero-order valence-electron chi connectivity index (χ0n) is 9.98. The summed E-state index contributed by atoms with van der Waals surface area (Å²) in [4.78, 5) is 33.1. The van der Waals surface area contributed by atoms with Gasteiger partial charge in [-0.1, -0.05) is 35.9 Å².